The summed E-state index contributed by atoms with van der Waals surface area (Å²) in [5, 5.41) is 2.84. The Morgan fingerprint density at radius 2 is 1.91 bits per heavy atom. The van der Waals surface area contributed by atoms with Crippen molar-refractivity contribution in [3.8, 4) is 0 Å². The van der Waals surface area contributed by atoms with Crippen LogP contribution < -0.4 is 5.32 Å². The molecule has 1 fully saturated rings. The predicted molar refractivity (Wildman–Crippen MR) is 120 cm³/mol. The maximum absolute atomic E-state index is 14.5. The number of benzene rings is 2. The van der Waals surface area contributed by atoms with Crippen LogP contribution in [0.3, 0.4) is 0 Å². The molecule has 2 aliphatic rings. The second-order valence-corrected chi connectivity index (χ2v) is 10.3. The highest BCUT2D eigenvalue weighted by Crippen LogP contribution is 2.36. The second kappa shape index (κ2) is 9.08. The Kier molecular flexibility index (Phi) is 6.56. The molecule has 8 heteroatoms. The highest BCUT2D eigenvalue weighted by Gasteiger charge is 2.39. The molecule has 2 aliphatic heterocycles. The number of nitrogens with zero attached hydrogens (tertiary/aromatic N) is 1. The van der Waals surface area contributed by atoms with Crippen molar-refractivity contribution < 1.29 is 23.0 Å². The smallest absolute Gasteiger partial charge is 0.407 e. The molecule has 5 nitrogen and oxygen atoms in total. The van der Waals surface area contributed by atoms with Gasteiger partial charge in [0.1, 0.15) is 23.3 Å². The zero-order valence-corrected chi connectivity index (χ0v) is 19.9. The second-order valence-electron chi connectivity index (χ2n) is 9.38. The number of rotatable bonds is 3. The van der Waals surface area contributed by atoms with E-state index in [0.717, 1.165) is 35.8 Å². The number of ether oxygens (including phenoxy) is 2. The van der Waals surface area contributed by atoms with Crippen molar-refractivity contribution in [3.63, 3.8) is 0 Å². The van der Waals surface area contributed by atoms with Crippen LogP contribution in [0.5, 0.6) is 0 Å². The average Bonchev–Trinajstić information content (AvgIpc) is 3.11. The molecule has 1 amide bonds. The van der Waals surface area contributed by atoms with Crippen LogP contribution in [0.25, 0.3) is 0 Å². The van der Waals surface area contributed by atoms with E-state index in [1.165, 1.54) is 11.1 Å². The van der Waals surface area contributed by atoms with Gasteiger partial charge >= 0.3 is 6.09 Å². The SMILES string of the molecule is CC(C)(C)OC(=O)N[C@@H]1C[C@@H](N2Cc3ccc(Br)cc3C2)CO[C@@H]1c1cc(F)ccc1F. The van der Waals surface area contributed by atoms with Gasteiger partial charge in [0.15, 0.2) is 0 Å². The van der Waals surface area contributed by atoms with Crippen LogP contribution in [-0.4, -0.2) is 35.3 Å². The lowest BCUT2D eigenvalue weighted by atomic mass is 9.92. The molecule has 0 aliphatic carbocycles. The third kappa shape index (κ3) is 5.30. The number of nitrogens with one attached hydrogen (secondary N) is 1. The monoisotopic (exact) mass is 508 g/mol. The Hall–Kier alpha value is -2.03. The number of carbonyl (C=O) groups excluding carboxylic acids is 1. The quantitative estimate of drug-likeness (QED) is 0.597. The molecule has 172 valence electrons. The molecule has 32 heavy (non-hydrogen) atoms. The Morgan fingerprint density at radius 1 is 1.16 bits per heavy atom. The molecule has 0 saturated carbocycles. The van der Waals surface area contributed by atoms with Crippen molar-refractivity contribution in [2.24, 2.45) is 0 Å². The normalized spacial score (nSPS) is 23.6. The fraction of sp³-hybridized carbons (Fsp3) is 0.458. The molecule has 2 aromatic carbocycles. The third-order valence-electron chi connectivity index (χ3n) is 5.76. The van der Waals surface area contributed by atoms with Crippen molar-refractivity contribution in [1.82, 2.24) is 10.2 Å². The molecular formula is C24H27BrF2N2O3. The summed E-state index contributed by atoms with van der Waals surface area (Å²) in [5.74, 6) is -1.12. The van der Waals surface area contributed by atoms with Gasteiger partial charge in [0.25, 0.3) is 0 Å². The van der Waals surface area contributed by atoms with Crippen LogP contribution in [0.2, 0.25) is 0 Å². The summed E-state index contributed by atoms with van der Waals surface area (Å²) in [7, 11) is 0. The molecule has 0 unspecified atom stereocenters. The highest BCUT2D eigenvalue weighted by atomic mass is 79.9. The van der Waals surface area contributed by atoms with Gasteiger partial charge in [0.05, 0.1) is 12.6 Å². The first-order valence-electron chi connectivity index (χ1n) is 10.7. The summed E-state index contributed by atoms with van der Waals surface area (Å²) >= 11 is 3.52. The summed E-state index contributed by atoms with van der Waals surface area (Å²) in [4.78, 5) is 14.8. The minimum Gasteiger partial charge on any atom is -0.444 e. The molecule has 2 heterocycles. The Bertz CT molecular complexity index is 1010. The number of halogens is 3. The number of hydrogen-bond donors (Lipinski definition) is 1. The summed E-state index contributed by atoms with van der Waals surface area (Å²) in [5.41, 5.74) is 1.92. The third-order valence-corrected chi connectivity index (χ3v) is 6.25. The van der Waals surface area contributed by atoms with Gasteiger partial charge in [0.2, 0.25) is 0 Å². The van der Waals surface area contributed by atoms with Crippen molar-refractivity contribution in [1.29, 1.82) is 0 Å². The molecule has 2 aromatic rings. The van der Waals surface area contributed by atoms with Crippen LogP contribution >= 0.6 is 15.9 Å². The van der Waals surface area contributed by atoms with Crippen LogP contribution in [0.4, 0.5) is 13.6 Å². The van der Waals surface area contributed by atoms with Crippen LogP contribution in [0, 0.1) is 11.6 Å². The van der Waals surface area contributed by atoms with Gasteiger partial charge in [-0.1, -0.05) is 22.0 Å². The van der Waals surface area contributed by atoms with Crippen molar-refractivity contribution in [2.75, 3.05) is 6.61 Å². The molecule has 0 radical (unpaired) electrons. The van der Waals surface area contributed by atoms with E-state index in [1.807, 2.05) is 6.07 Å². The summed E-state index contributed by atoms with van der Waals surface area (Å²) in [6.07, 6.45) is -0.898. The number of amides is 1. The van der Waals surface area contributed by atoms with Gasteiger partial charge < -0.3 is 14.8 Å². The van der Waals surface area contributed by atoms with Crippen molar-refractivity contribution >= 4 is 22.0 Å². The lowest BCUT2D eigenvalue weighted by molar-refractivity contribution is -0.0627. The van der Waals surface area contributed by atoms with E-state index < -0.39 is 35.5 Å². The molecule has 1 saturated heterocycles. The van der Waals surface area contributed by atoms with E-state index in [-0.39, 0.29) is 11.6 Å². The molecule has 0 aromatic heterocycles. The minimum atomic E-state index is -0.811. The summed E-state index contributed by atoms with van der Waals surface area (Å²) in [6.45, 7) is 7.21. The van der Waals surface area contributed by atoms with Gasteiger partial charge in [-0.3, -0.25) is 4.90 Å². The number of carbonyl (C=O) groups is 1. The fourth-order valence-electron chi connectivity index (χ4n) is 4.35. The zero-order chi connectivity index (χ0) is 23.0. The molecule has 3 atom stereocenters. The van der Waals surface area contributed by atoms with E-state index in [9.17, 15) is 13.6 Å². The first kappa shape index (κ1) is 23.1. The zero-order valence-electron chi connectivity index (χ0n) is 18.3. The standard InChI is InChI=1S/C24H27BrF2N2O3/c1-24(2,3)32-23(30)28-21-10-18(29-11-14-4-5-16(25)8-15(14)12-29)13-31-22(21)19-9-17(26)6-7-20(19)27/h4-9,18,21-22H,10-13H2,1-3H3,(H,28,30)/t18-,21-,22-/m1/s1. The van der Waals surface area contributed by atoms with E-state index in [1.54, 1.807) is 20.8 Å². The van der Waals surface area contributed by atoms with E-state index in [0.29, 0.717) is 13.0 Å². The fourth-order valence-corrected chi connectivity index (χ4v) is 4.76. The number of alkyl carbamates (subject to hydrolysis) is 1. The number of hydrogen-bond acceptors (Lipinski definition) is 4. The lowest BCUT2D eigenvalue weighted by Crippen LogP contribution is -2.52. The first-order valence-corrected chi connectivity index (χ1v) is 11.5. The number of fused-ring (bicyclic) bond motifs is 1. The van der Waals surface area contributed by atoms with Gasteiger partial charge in [-0.25, -0.2) is 13.6 Å². The van der Waals surface area contributed by atoms with E-state index in [4.69, 9.17) is 9.47 Å². The van der Waals surface area contributed by atoms with Gasteiger partial charge in [0, 0.05) is 29.2 Å². The van der Waals surface area contributed by atoms with Crippen molar-refractivity contribution in [3.05, 3.63) is 69.2 Å². The Morgan fingerprint density at radius 3 is 2.66 bits per heavy atom. The van der Waals surface area contributed by atoms with Crippen LogP contribution in [0.1, 0.15) is 50.0 Å². The van der Waals surface area contributed by atoms with Crippen molar-refractivity contribution in [2.45, 2.75) is 64.1 Å². The Labute approximate surface area is 195 Å². The van der Waals surface area contributed by atoms with Crippen LogP contribution in [0.15, 0.2) is 40.9 Å². The first-order chi connectivity index (χ1) is 15.1. The molecular weight excluding hydrogens is 482 g/mol. The average molecular weight is 509 g/mol. The molecule has 0 spiro atoms. The van der Waals surface area contributed by atoms with Gasteiger partial charge in [-0.05, 0) is 68.7 Å². The lowest BCUT2D eigenvalue weighted by Gasteiger charge is -2.40. The molecule has 0 bridgehead atoms. The maximum atomic E-state index is 14.5. The topological polar surface area (TPSA) is 50.8 Å². The van der Waals surface area contributed by atoms with Gasteiger partial charge in [-0.15, -0.1) is 0 Å². The molecule has 1 N–H and O–H groups in total. The Balaban J connectivity index is 1.54. The largest absolute Gasteiger partial charge is 0.444 e. The summed E-state index contributed by atoms with van der Waals surface area (Å²) in [6, 6.07) is 8.96. The predicted octanol–water partition coefficient (Wildman–Crippen LogP) is 5.47. The molecule has 4 rings (SSSR count). The maximum Gasteiger partial charge on any atom is 0.407 e. The van der Waals surface area contributed by atoms with E-state index >= 15 is 0 Å². The summed E-state index contributed by atoms with van der Waals surface area (Å²) < 4.78 is 40.9. The van der Waals surface area contributed by atoms with E-state index in [2.05, 4.69) is 38.3 Å². The highest BCUT2D eigenvalue weighted by molar-refractivity contribution is 9.10. The van der Waals surface area contributed by atoms with Gasteiger partial charge in [-0.2, -0.15) is 0 Å². The van der Waals surface area contributed by atoms with Crippen LogP contribution in [-0.2, 0) is 22.6 Å². The minimum absolute atomic E-state index is 0.00832.